The summed E-state index contributed by atoms with van der Waals surface area (Å²) in [7, 11) is -3.28. The highest BCUT2D eigenvalue weighted by Crippen LogP contribution is 2.33. The summed E-state index contributed by atoms with van der Waals surface area (Å²) < 4.78 is 31.0. The van der Waals surface area contributed by atoms with Crippen molar-refractivity contribution in [1.82, 2.24) is 9.78 Å². The van der Waals surface area contributed by atoms with E-state index in [1.54, 1.807) is 48.5 Å². The van der Waals surface area contributed by atoms with Crippen LogP contribution < -0.4 is 10.1 Å². The van der Waals surface area contributed by atoms with Gasteiger partial charge in [0.15, 0.2) is 16.4 Å². The molecule has 1 aliphatic heterocycles. The summed E-state index contributed by atoms with van der Waals surface area (Å²) in [6.45, 7) is -0.260. The number of carbonyl (C=O) groups excluding carboxylic acids is 1. The Morgan fingerprint density at radius 3 is 2.59 bits per heavy atom. The molecule has 0 spiro atoms. The van der Waals surface area contributed by atoms with Crippen molar-refractivity contribution in [3.05, 3.63) is 69.8 Å². The van der Waals surface area contributed by atoms with Crippen LogP contribution in [0, 0.1) is 0 Å². The lowest BCUT2D eigenvalue weighted by Crippen LogP contribution is -2.22. The molecular formula is C19H15Cl2N3O4S. The van der Waals surface area contributed by atoms with Crippen molar-refractivity contribution in [3.8, 4) is 11.4 Å². The van der Waals surface area contributed by atoms with Gasteiger partial charge in [-0.15, -0.1) is 0 Å². The molecule has 0 radical (unpaired) electrons. The number of nitrogens with zero attached hydrogens (tertiary/aromatic N) is 2. The van der Waals surface area contributed by atoms with Crippen LogP contribution >= 0.6 is 23.2 Å². The highest BCUT2D eigenvalue weighted by atomic mass is 35.5. The Balaban J connectivity index is 1.60. The van der Waals surface area contributed by atoms with Gasteiger partial charge in [-0.3, -0.25) is 4.79 Å². The molecule has 1 N–H and O–H groups in total. The number of carbonyl (C=O) groups is 1. The maximum atomic E-state index is 12.5. The first-order valence-electron chi connectivity index (χ1n) is 8.56. The molecule has 7 nitrogen and oxygen atoms in total. The van der Waals surface area contributed by atoms with E-state index < -0.39 is 15.7 Å². The number of aromatic nitrogens is 2. The predicted molar refractivity (Wildman–Crippen MR) is 110 cm³/mol. The van der Waals surface area contributed by atoms with E-state index in [-0.39, 0.29) is 18.1 Å². The quantitative estimate of drug-likeness (QED) is 0.639. The van der Waals surface area contributed by atoms with E-state index >= 15 is 0 Å². The molecule has 10 heteroatoms. The zero-order valence-corrected chi connectivity index (χ0v) is 17.3. The van der Waals surface area contributed by atoms with Crippen molar-refractivity contribution in [2.24, 2.45) is 0 Å². The Kier molecular flexibility index (Phi) is 5.24. The van der Waals surface area contributed by atoms with Crippen LogP contribution in [0.1, 0.15) is 11.3 Å². The van der Waals surface area contributed by atoms with Crippen molar-refractivity contribution in [2.45, 2.75) is 11.5 Å². The number of nitrogens with one attached hydrogen (secondary N) is 1. The third-order valence-electron chi connectivity index (χ3n) is 4.28. The lowest BCUT2D eigenvalue weighted by molar-refractivity contribution is -0.118. The zero-order valence-electron chi connectivity index (χ0n) is 14.9. The van der Waals surface area contributed by atoms with Gasteiger partial charge in [0.1, 0.15) is 11.6 Å². The van der Waals surface area contributed by atoms with Crippen LogP contribution in [0.4, 0.5) is 5.82 Å². The van der Waals surface area contributed by atoms with Crippen molar-refractivity contribution in [2.75, 3.05) is 11.9 Å². The average molecular weight is 452 g/mol. The minimum atomic E-state index is -3.28. The number of hydrogen-bond donors (Lipinski definition) is 1. The standard InChI is InChI=1S/C19H15Cl2N3O4S/c20-12-4-6-15(7-5-12)28-9-18(25)22-19-16-10-29(26,27)11-17(16)23-24(19)14-3-1-2-13(21)8-14/h1-8H,9-11H2,(H,22,25). The van der Waals surface area contributed by atoms with Gasteiger partial charge in [-0.05, 0) is 42.5 Å². The van der Waals surface area contributed by atoms with E-state index in [0.717, 1.165) is 0 Å². The van der Waals surface area contributed by atoms with Crippen LogP contribution in [-0.4, -0.2) is 30.7 Å². The summed E-state index contributed by atoms with van der Waals surface area (Å²) in [6, 6.07) is 13.5. The molecule has 2 aromatic carbocycles. The minimum Gasteiger partial charge on any atom is -0.484 e. The van der Waals surface area contributed by atoms with Gasteiger partial charge in [0.25, 0.3) is 5.91 Å². The molecule has 3 aromatic rings. The smallest absolute Gasteiger partial charge is 0.263 e. The normalized spacial score (nSPS) is 14.4. The van der Waals surface area contributed by atoms with Gasteiger partial charge in [0, 0.05) is 15.6 Å². The monoisotopic (exact) mass is 451 g/mol. The highest BCUT2D eigenvalue weighted by Gasteiger charge is 2.33. The summed E-state index contributed by atoms with van der Waals surface area (Å²) in [5, 5.41) is 8.17. The number of fused-ring (bicyclic) bond motifs is 1. The molecule has 150 valence electrons. The van der Waals surface area contributed by atoms with Gasteiger partial charge in [0.05, 0.1) is 22.9 Å². The Bertz CT molecular complexity index is 1190. The van der Waals surface area contributed by atoms with Crippen molar-refractivity contribution in [1.29, 1.82) is 0 Å². The second-order valence-electron chi connectivity index (χ2n) is 6.49. The van der Waals surface area contributed by atoms with Gasteiger partial charge in [0.2, 0.25) is 0 Å². The van der Waals surface area contributed by atoms with Gasteiger partial charge in [-0.2, -0.15) is 5.10 Å². The van der Waals surface area contributed by atoms with Crippen LogP contribution in [0.3, 0.4) is 0 Å². The second-order valence-corrected chi connectivity index (χ2v) is 9.43. The molecule has 0 aliphatic carbocycles. The molecular weight excluding hydrogens is 437 g/mol. The molecule has 0 fully saturated rings. The number of ether oxygens (including phenoxy) is 1. The predicted octanol–water partition coefficient (Wildman–Crippen LogP) is 3.63. The number of hydrogen-bond acceptors (Lipinski definition) is 5. The third-order valence-corrected chi connectivity index (χ3v) is 6.21. The number of benzene rings is 2. The largest absolute Gasteiger partial charge is 0.484 e. The summed E-state index contributed by atoms with van der Waals surface area (Å²) >= 11 is 11.9. The summed E-state index contributed by atoms with van der Waals surface area (Å²) in [4.78, 5) is 12.5. The first-order chi connectivity index (χ1) is 13.8. The second kappa shape index (κ2) is 7.70. The molecule has 1 amide bonds. The van der Waals surface area contributed by atoms with Gasteiger partial charge >= 0.3 is 0 Å². The fourth-order valence-electron chi connectivity index (χ4n) is 3.01. The maximum Gasteiger partial charge on any atom is 0.263 e. The number of halogens is 2. The fourth-order valence-corrected chi connectivity index (χ4v) is 4.82. The zero-order chi connectivity index (χ0) is 20.6. The highest BCUT2D eigenvalue weighted by molar-refractivity contribution is 7.90. The number of anilines is 1. The molecule has 0 saturated heterocycles. The molecule has 4 rings (SSSR count). The Labute approximate surface area is 177 Å². The molecule has 0 atom stereocenters. The van der Waals surface area contributed by atoms with E-state index in [2.05, 4.69) is 10.4 Å². The van der Waals surface area contributed by atoms with Crippen molar-refractivity contribution in [3.63, 3.8) is 0 Å². The SMILES string of the molecule is O=C(COc1ccc(Cl)cc1)Nc1c2c(nn1-c1cccc(Cl)c1)CS(=O)(=O)C2. The number of amides is 1. The Morgan fingerprint density at radius 1 is 1.10 bits per heavy atom. The molecule has 0 unspecified atom stereocenters. The van der Waals surface area contributed by atoms with E-state index in [4.69, 9.17) is 27.9 Å². The topological polar surface area (TPSA) is 90.3 Å². The van der Waals surface area contributed by atoms with Crippen LogP contribution in [0.2, 0.25) is 10.0 Å². The molecule has 1 aliphatic rings. The lowest BCUT2D eigenvalue weighted by atomic mass is 10.2. The summed E-state index contributed by atoms with van der Waals surface area (Å²) in [5.74, 6) is -0.0136. The van der Waals surface area contributed by atoms with E-state index in [1.165, 1.54) is 4.68 Å². The van der Waals surface area contributed by atoms with E-state index in [9.17, 15) is 13.2 Å². The summed E-state index contributed by atoms with van der Waals surface area (Å²) in [5.41, 5.74) is 1.50. The Hall–Kier alpha value is -2.55. The van der Waals surface area contributed by atoms with Crippen LogP contribution in [0.25, 0.3) is 5.69 Å². The van der Waals surface area contributed by atoms with Gasteiger partial charge < -0.3 is 10.1 Å². The number of sulfone groups is 1. The molecule has 0 saturated carbocycles. The maximum absolute atomic E-state index is 12.5. The molecule has 29 heavy (non-hydrogen) atoms. The average Bonchev–Trinajstić information content (AvgIpc) is 3.14. The van der Waals surface area contributed by atoms with Crippen LogP contribution in [-0.2, 0) is 26.1 Å². The number of rotatable bonds is 5. The molecule has 1 aromatic heterocycles. The molecule has 2 heterocycles. The minimum absolute atomic E-state index is 0.167. The first kappa shape index (κ1) is 19.8. The van der Waals surface area contributed by atoms with Crippen molar-refractivity contribution < 1.29 is 17.9 Å². The first-order valence-corrected chi connectivity index (χ1v) is 11.1. The van der Waals surface area contributed by atoms with Crippen LogP contribution in [0.5, 0.6) is 5.75 Å². The Morgan fingerprint density at radius 2 is 1.86 bits per heavy atom. The van der Waals surface area contributed by atoms with Gasteiger partial charge in [-0.1, -0.05) is 29.3 Å². The van der Waals surface area contributed by atoms with Crippen LogP contribution in [0.15, 0.2) is 48.5 Å². The summed E-state index contributed by atoms with van der Waals surface area (Å²) in [6.07, 6.45) is 0. The third kappa shape index (κ3) is 4.39. The fraction of sp³-hybridized carbons (Fsp3) is 0.158. The van der Waals surface area contributed by atoms with Crippen molar-refractivity contribution >= 4 is 44.8 Å². The van der Waals surface area contributed by atoms with E-state index in [0.29, 0.717) is 38.6 Å². The molecule has 0 bridgehead atoms. The lowest BCUT2D eigenvalue weighted by Gasteiger charge is -2.12. The van der Waals surface area contributed by atoms with E-state index in [1.807, 2.05) is 0 Å². The van der Waals surface area contributed by atoms with Gasteiger partial charge in [-0.25, -0.2) is 13.1 Å².